The average Bonchev–Trinajstić information content (AvgIpc) is 2.39. The van der Waals surface area contributed by atoms with Crippen LogP contribution in [0.3, 0.4) is 0 Å². The third kappa shape index (κ3) is 4.64. The predicted molar refractivity (Wildman–Crippen MR) is 71.2 cm³/mol. The molecule has 0 saturated carbocycles. The SMILES string of the molecule is CCCN(CCC)CC(=O)N1CCN(C=O)CC1. The zero-order chi connectivity index (χ0) is 13.4. The highest BCUT2D eigenvalue weighted by Crippen LogP contribution is 2.02. The van der Waals surface area contributed by atoms with Gasteiger partial charge in [-0.15, -0.1) is 0 Å². The number of carbonyl (C=O) groups is 2. The third-order valence-corrected chi connectivity index (χ3v) is 3.25. The largest absolute Gasteiger partial charge is 0.342 e. The third-order valence-electron chi connectivity index (χ3n) is 3.25. The summed E-state index contributed by atoms with van der Waals surface area (Å²) in [7, 11) is 0. The van der Waals surface area contributed by atoms with E-state index in [0.717, 1.165) is 32.3 Å². The van der Waals surface area contributed by atoms with Crippen LogP contribution in [0.2, 0.25) is 0 Å². The molecule has 18 heavy (non-hydrogen) atoms. The molecule has 0 unspecified atom stereocenters. The molecule has 2 amide bonds. The van der Waals surface area contributed by atoms with Crippen molar-refractivity contribution in [3.63, 3.8) is 0 Å². The van der Waals surface area contributed by atoms with E-state index in [1.54, 1.807) is 4.90 Å². The molecule has 0 aromatic carbocycles. The zero-order valence-corrected chi connectivity index (χ0v) is 11.6. The van der Waals surface area contributed by atoms with Crippen LogP contribution in [0.25, 0.3) is 0 Å². The van der Waals surface area contributed by atoms with E-state index in [4.69, 9.17) is 0 Å². The molecular weight excluding hydrogens is 230 g/mol. The highest BCUT2D eigenvalue weighted by Gasteiger charge is 2.21. The Morgan fingerprint density at radius 1 is 1.11 bits per heavy atom. The second kappa shape index (κ2) is 8.08. The summed E-state index contributed by atoms with van der Waals surface area (Å²) in [6.07, 6.45) is 3.01. The first-order valence-corrected chi connectivity index (χ1v) is 6.90. The maximum Gasteiger partial charge on any atom is 0.236 e. The number of amides is 2. The molecule has 0 aromatic rings. The van der Waals surface area contributed by atoms with Crippen molar-refractivity contribution in [2.45, 2.75) is 26.7 Å². The summed E-state index contributed by atoms with van der Waals surface area (Å²) in [6.45, 7) is 9.41. The Hall–Kier alpha value is -1.10. The molecule has 1 heterocycles. The van der Waals surface area contributed by atoms with E-state index < -0.39 is 0 Å². The average molecular weight is 255 g/mol. The zero-order valence-electron chi connectivity index (χ0n) is 11.6. The van der Waals surface area contributed by atoms with Crippen molar-refractivity contribution in [1.82, 2.24) is 14.7 Å². The van der Waals surface area contributed by atoms with Crippen LogP contribution in [0.5, 0.6) is 0 Å². The van der Waals surface area contributed by atoms with Gasteiger partial charge in [0.1, 0.15) is 0 Å². The highest BCUT2D eigenvalue weighted by molar-refractivity contribution is 5.78. The number of rotatable bonds is 7. The predicted octanol–water partition coefficient (Wildman–Crippen LogP) is 0.409. The van der Waals surface area contributed by atoms with Gasteiger partial charge in [-0.05, 0) is 25.9 Å². The summed E-state index contributed by atoms with van der Waals surface area (Å²) < 4.78 is 0. The van der Waals surface area contributed by atoms with E-state index in [9.17, 15) is 9.59 Å². The van der Waals surface area contributed by atoms with Crippen LogP contribution in [-0.4, -0.2) is 72.8 Å². The Kier molecular flexibility index (Phi) is 6.72. The number of piperazine rings is 1. The smallest absolute Gasteiger partial charge is 0.236 e. The molecule has 1 rings (SSSR count). The summed E-state index contributed by atoms with van der Waals surface area (Å²) in [5.41, 5.74) is 0. The lowest BCUT2D eigenvalue weighted by molar-refractivity contribution is -0.136. The molecule has 0 aliphatic carbocycles. The van der Waals surface area contributed by atoms with Crippen LogP contribution < -0.4 is 0 Å². The molecule has 104 valence electrons. The van der Waals surface area contributed by atoms with Crippen LogP contribution in [0, 0.1) is 0 Å². The van der Waals surface area contributed by atoms with Crippen molar-refractivity contribution in [2.75, 3.05) is 45.8 Å². The van der Waals surface area contributed by atoms with Gasteiger partial charge in [0.05, 0.1) is 6.54 Å². The molecule has 0 bridgehead atoms. The van der Waals surface area contributed by atoms with Crippen LogP contribution in [-0.2, 0) is 9.59 Å². The second-order valence-corrected chi connectivity index (χ2v) is 4.80. The van der Waals surface area contributed by atoms with Gasteiger partial charge in [-0.25, -0.2) is 0 Å². The Balaban J connectivity index is 2.37. The molecule has 0 radical (unpaired) electrons. The topological polar surface area (TPSA) is 43.9 Å². The van der Waals surface area contributed by atoms with Crippen molar-refractivity contribution in [3.05, 3.63) is 0 Å². The molecule has 1 aliphatic heterocycles. The molecule has 5 nitrogen and oxygen atoms in total. The molecule has 0 atom stereocenters. The van der Waals surface area contributed by atoms with Gasteiger partial charge in [0.2, 0.25) is 12.3 Å². The van der Waals surface area contributed by atoms with Gasteiger partial charge >= 0.3 is 0 Å². The van der Waals surface area contributed by atoms with Crippen molar-refractivity contribution in [2.24, 2.45) is 0 Å². The molecular formula is C13H25N3O2. The normalized spacial score (nSPS) is 16.2. The molecule has 1 fully saturated rings. The van der Waals surface area contributed by atoms with Crippen molar-refractivity contribution in [3.8, 4) is 0 Å². The summed E-state index contributed by atoms with van der Waals surface area (Å²) in [5, 5.41) is 0. The van der Waals surface area contributed by atoms with Gasteiger partial charge in [-0.1, -0.05) is 13.8 Å². The van der Waals surface area contributed by atoms with Crippen molar-refractivity contribution in [1.29, 1.82) is 0 Å². The second-order valence-electron chi connectivity index (χ2n) is 4.80. The highest BCUT2D eigenvalue weighted by atomic mass is 16.2. The molecule has 1 aliphatic rings. The van der Waals surface area contributed by atoms with E-state index in [-0.39, 0.29) is 5.91 Å². The minimum atomic E-state index is 0.197. The molecule has 0 spiro atoms. The van der Waals surface area contributed by atoms with Gasteiger partial charge in [-0.2, -0.15) is 0 Å². The van der Waals surface area contributed by atoms with E-state index >= 15 is 0 Å². The number of hydrogen-bond donors (Lipinski definition) is 0. The van der Waals surface area contributed by atoms with Crippen LogP contribution in [0.15, 0.2) is 0 Å². The van der Waals surface area contributed by atoms with E-state index in [1.807, 2.05) is 4.90 Å². The first kappa shape index (κ1) is 15.0. The Morgan fingerprint density at radius 3 is 2.11 bits per heavy atom. The van der Waals surface area contributed by atoms with Gasteiger partial charge in [0.25, 0.3) is 0 Å². The van der Waals surface area contributed by atoms with E-state index in [1.165, 1.54) is 0 Å². The maximum absolute atomic E-state index is 12.1. The van der Waals surface area contributed by atoms with Crippen LogP contribution in [0.1, 0.15) is 26.7 Å². The Labute approximate surface area is 110 Å². The summed E-state index contributed by atoms with van der Waals surface area (Å²) in [6, 6.07) is 0. The van der Waals surface area contributed by atoms with Gasteiger partial charge in [-0.3, -0.25) is 14.5 Å². The fourth-order valence-corrected chi connectivity index (χ4v) is 2.27. The Bertz CT molecular complexity index is 257. The first-order valence-electron chi connectivity index (χ1n) is 6.90. The lowest BCUT2D eigenvalue weighted by Gasteiger charge is -2.34. The number of hydrogen-bond acceptors (Lipinski definition) is 3. The first-order chi connectivity index (χ1) is 8.71. The summed E-state index contributed by atoms with van der Waals surface area (Å²) >= 11 is 0. The fourth-order valence-electron chi connectivity index (χ4n) is 2.27. The Morgan fingerprint density at radius 2 is 1.67 bits per heavy atom. The number of nitrogens with zero attached hydrogens (tertiary/aromatic N) is 3. The minimum absolute atomic E-state index is 0.197. The van der Waals surface area contributed by atoms with Crippen molar-refractivity contribution < 1.29 is 9.59 Å². The van der Waals surface area contributed by atoms with E-state index in [0.29, 0.717) is 32.7 Å². The molecule has 0 aromatic heterocycles. The quantitative estimate of drug-likeness (QED) is 0.619. The van der Waals surface area contributed by atoms with Gasteiger partial charge < -0.3 is 9.80 Å². The molecule has 5 heteroatoms. The maximum atomic E-state index is 12.1. The van der Waals surface area contributed by atoms with Gasteiger partial charge in [0.15, 0.2) is 0 Å². The lowest BCUT2D eigenvalue weighted by atomic mass is 10.3. The van der Waals surface area contributed by atoms with E-state index in [2.05, 4.69) is 18.7 Å². The summed E-state index contributed by atoms with van der Waals surface area (Å²) in [4.78, 5) is 28.5. The van der Waals surface area contributed by atoms with Crippen LogP contribution in [0.4, 0.5) is 0 Å². The molecule has 1 saturated heterocycles. The van der Waals surface area contributed by atoms with Crippen LogP contribution >= 0.6 is 0 Å². The standard InChI is InChI=1S/C13H25N3O2/c1-3-5-14(6-4-2)11-13(18)16-9-7-15(12-17)8-10-16/h12H,3-11H2,1-2H3. The summed E-state index contributed by atoms with van der Waals surface area (Å²) in [5.74, 6) is 0.197. The molecule has 0 N–H and O–H groups in total. The minimum Gasteiger partial charge on any atom is -0.342 e. The fraction of sp³-hybridized carbons (Fsp3) is 0.846. The van der Waals surface area contributed by atoms with Crippen molar-refractivity contribution >= 4 is 12.3 Å². The van der Waals surface area contributed by atoms with Gasteiger partial charge in [0, 0.05) is 26.2 Å². The lowest BCUT2D eigenvalue weighted by Crippen LogP contribution is -2.50. The number of carbonyl (C=O) groups excluding carboxylic acids is 2. The monoisotopic (exact) mass is 255 g/mol.